The molecule has 0 aromatic heterocycles. The number of carbonyl (C=O) groups excluding carboxylic acids is 2. The number of nitrogens with zero attached hydrogens (tertiary/aromatic N) is 2. The van der Waals surface area contributed by atoms with E-state index >= 15 is 0 Å². The molecule has 0 aliphatic carbocycles. The number of carbonyl (C=O) groups is 2. The molecule has 232 valence electrons. The van der Waals surface area contributed by atoms with Crippen LogP contribution >= 0.6 is 23.2 Å². The van der Waals surface area contributed by atoms with Gasteiger partial charge in [0.2, 0.25) is 21.8 Å². The highest BCUT2D eigenvalue weighted by atomic mass is 35.5. The summed E-state index contributed by atoms with van der Waals surface area (Å²) in [6, 6.07) is 20.6. The number of hydrogen-bond donors (Lipinski definition) is 1. The van der Waals surface area contributed by atoms with Crippen LogP contribution in [0.4, 0.5) is 5.69 Å². The van der Waals surface area contributed by atoms with Crippen LogP contribution in [-0.4, -0.2) is 57.6 Å². The molecule has 0 radical (unpaired) electrons. The molecular weight excluding hydrogens is 609 g/mol. The molecule has 0 aliphatic heterocycles. The predicted molar refractivity (Wildman–Crippen MR) is 173 cm³/mol. The van der Waals surface area contributed by atoms with Gasteiger partial charge in [0.25, 0.3) is 0 Å². The third kappa shape index (κ3) is 10.2. The number of rotatable bonds is 15. The van der Waals surface area contributed by atoms with Crippen molar-refractivity contribution in [3.63, 3.8) is 0 Å². The molecule has 8 nitrogen and oxygen atoms in total. The Balaban J connectivity index is 1.92. The molecule has 0 aliphatic rings. The van der Waals surface area contributed by atoms with Crippen molar-refractivity contribution in [2.24, 2.45) is 5.92 Å². The molecule has 0 saturated heterocycles. The average Bonchev–Trinajstić information content (AvgIpc) is 2.97. The van der Waals surface area contributed by atoms with Gasteiger partial charge in [0.05, 0.1) is 29.1 Å². The molecular formula is C32H39Cl2N3O5S. The van der Waals surface area contributed by atoms with E-state index in [0.717, 1.165) is 11.8 Å². The highest BCUT2D eigenvalue weighted by molar-refractivity contribution is 7.92. The molecule has 43 heavy (non-hydrogen) atoms. The SMILES string of the molecule is COc1ccccc1N(CCCC(=O)N(Cc1ccc(Cl)c(Cl)c1)[C@@H](Cc1ccccc1)C(=O)NCC(C)C)S(C)(=O)=O. The number of hydrogen-bond acceptors (Lipinski definition) is 5. The van der Waals surface area contributed by atoms with Crippen LogP contribution in [0.15, 0.2) is 72.8 Å². The second-order valence-corrected chi connectivity index (χ2v) is 13.4. The van der Waals surface area contributed by atoms with E-state index in [1.807, 2.05) is 44.2 Å². The maximum atomic E-state index is 14.0. The summed E-state index contributed by atoms with van der Waals surface area (Å²) in [5.74, 6) is 0.0701. The number of anilines is 1. The molecule has 3 rings (SSSR count). The first-order chi connectivity index (χ1) is 20.4. The first-order valence-electron chi connectivity index (χ1n) is 14.1. The summed E-state index contributed by atoms with van der Waals surface area (Å²) < 4.78 is 32.1. The molecule has 3 aromatic rings. The lowest BCUT2D eigenvalue weighted by atomic mass is 10.0. The van der Waals surface area contributed by atoms with E-state index in [1.54, 1.807) is 47.4 Å². The molecule has 0 spiro atoms. The van der Waals surface area contributed by atoms with Crippen molar-refractivity contribution in [1.29, 1.82) is 0 Å². The summed E-state index contributed by atoms with van der Waals surface area (Å²) in [6.45, 7) is 4.63. The van der Waals surface area contributed by atoms with Crippen LogP contribution in [0, 0.1) is 5.92 Å². The van der Waals surface area contributed by atoms with Gasteiger partial charge in [-0.25, -0.2) is 8.42 Å². The molecule has 11 heteroatoms. The van der Waals surface area contributed by atoms with E-state index in [2.05, 4.69) is 5.32 Å². The van der Waals surface area contributed by atoms with E-state index in [1.165, 1.54) is 11.4 Å². The van der Waals surface area contributed by atoms with Crippen molar-refractivity contribution < 1.29 is 22.7 Å². The summed E-state index contributed by atoms with van der Waals surface area (Å²) in [4.78, 5) is 29.1. The Labute approximate surface area is 265 Å². The molecule has 0 fully saturated rings. The van der Waals surface area contributed by atoms with Crippen LogP contribution in [0.2, 0.25) is 10.0 Å². The molecule has 0 saturated carbocycles. The van der Waals surface area contributed by atoms with Crippen molar-refractivity contribution in [2.45, 2.75) is 45.7 Å². The van der Waals surface area contributed by atoms with E-state index in [9.17, 15) is 18.0 Å². The number of amides is 2. The molecule has 1 atom stereocenters. The number of nitrogens with one attached hydrogen (secondary N) is 1. The minimum absolute atomic E-state index is 0.00520. The van der Waals surface area contributed by atoms with Gasteiger partial charge in [-0.15, -0.1) is 0 Å². The van der Waals surface area contributed by atoms with Crippen LogP contribution in [0.3, 0.4) is 0 Å². The number of ether oxygens (including phenoxy) is 1. The third-order valence-electron chi connectivity index (χ3n) is 6.80. The number of para-hydroxylation sites is 2. The molecule has 2 amide bonds. The van der Waals surface area contributed by atoms with Gasteiger partial charge in [-0.05, 0) is 47.7 Å². The van der Waals surface area contributed by atoms with Crippen LogP contribution in [0.25, 0.3) is 0 Å². The Morgan fingerprint density at radius 2 is 1.60 bits per heavy atom. The summed E-state index contributed by atoms with van der Waals surface area (Å²) >= 11 is 12.4. The van der Waals surface area contributed by atoms with Crippen LogP contribution in [-0.2, 0) is 32.6 Å². The van der Waals surface area contributed by atoms with Crippen molar-refractivity contribution in [1.82, 2.24) is 10.2 Å². The minimum Gasteiger partial charge on any atom is -0.495 e. The van der Waals surface area contributed by atoms with Gasteiger partial charge in [0.15, 0.2) is 0 Å². The molecule has 3 aromatic carbocycles. The lowest BCUT2D eigenvalue weighted by Crippen LogP contribution is -2.51. The van der Waals surface area contributed by atoms with E-state index in [4.69, 9.17) is 27.9 Å². The van der Waals surface area contributed by atoms with Crippen LogP contribution < -0.4 is 14.4 Å². The Kier molecular flexibility index (Phi) is 12.7. The fraction of sp³-hybridized carbons (Fsp3) is 0.375. The Morgan fingerprint density at radius 3 is 2.23 bits per heavy atom. The zero-order chi connectivity index (χ0) is 31.6. The van der Waals surface area contributed by atoms with Gasteiger partial charge < -0.3 is 15.0 Å². The Morgan fingerprint density at radius 1 is 0.930 bits per heavy atom. The zero-order valence-electron chi connectivity index (χ0n) is 24.9. The molecule has 0 bridgehead atoms. The van der Waals surface area contributed by atoms with Crippen molar-refractivity contribution in [2.75, 3.05) is 30.8 Å². The number of benzene rings is 3. The Hall–Kier alpha value is -3.27. The standard InChI is InChI=1S/C32H39Cl2N3O5S/c1-23(2)21-35-32(39)29(20-24-11-6-5-7-12-24)36(22-25-16-17-26(33)27(34)19-25)31(38)15-10-18-37(43(4,40)41)28-13-8-9-14-30(28)42-3/h5-9,11-14,16-17,19,23,29H,10,15,18,20-22H2,1-4H3,(H,35,39)/t29-/m0/s1. The molecule has 0 unspecified atom stereocenters. The fourth-order valence-corrected chi connectivity index (χ4v) is 5.92. The summed E-state index contributed by atoms with van der Waals surface area (Å²) in [7, 11) is -2.20. The van der Waals surface area contributed by atoms with Crippen LogP contribution in [0.1, 0.15) is 37.8 Å². The topological polar surface area (TPSA) is 96.0 Å². The normalized spacial score (nSPS) is 12.1. The van der Waals surface area contributed by atoms with Crippen molar-refractivity contribution >= 4 is 50.7 Å². The first-order valence-corrected chi connectivity index (χ1v) is 16.7. The first kappa shape index (κ1) is 34.2. The van der Waals surface area contributed by atoms with Crippen molar-refractivity contribution in [3.8, 4) is 5.75 Å². The fourth-order valence-electron chi connectivity index (χ4n) is 4.63. The number of methoxy groups -OCH3 is 1. The molecule has 1 N–H and O–H groups in total. The summed E-state index contributed by atoms with van der Waals surface area (Å²) in [5, 5.41) is 3.72. The highest BCUT2D eigenvalue weighted by Crippen LogP contribution is 2.30. The average molecular weight is 649 g/mol. The largest absolute Gasteiger partial charge is 0.495 e. The van der Waals surface area contributed by atoms with Crippen molar-refractivity contribution in [3.05, 3.63) is 94.0 Å². The minimum atomic E-state index is -3.67. The highest BCUT2D eigenvalue weighted by Gasteiger charge is 2.31. The lowest BCUT2D eigenvalue weighted by molar-refractivity contribution is -0.141. The van der Waals surface area contributed by atoms with E-state index < -0.39 is 16.1 Å². The Bertz CT molecular complexity index is 1490. The van der Waals surface area contributed by atoms with Gasteiger partial charge >= 0.3 is 0 Å². The van der Waals surface area contributed by atoms with Gasteiger partial charge in [0.1, 0.15) is 11.8 Å². The lowest BCUT2D eigenvalue weighted by Gasteiger charge is -2.32. The van der Waals surface area contributed by atoms with Gasteiger partial charge in [-0.1, -0.05) is 85.6 Å². The summed E-state index contributed by atoms with van der Waals surface area (Å²) in [5.41, 5.74) is 2.01. The predicted octanol–water partition coefficient (Wildman–Crippen LogP) is 5.96. The van der Waals surface area contributed by atoms with E-state index in [-0.39, 0.29) is 43.7 Å². The maximum Gasteiger partial charge on any atom is 0.243 e. The second kappa shape index (κ2) is 16.0. The number of sulfonamides is 1. The van der Waals surface area contributed by atoms with Gasteiger partial charge in [0, 0.05) is 32.5 Å². The third-order valence-corrected chi connectivity index (χ3v) is 8.72. The smallest absolute Gasteiger partial charge is 0.243 e. The van der Waals surface area contributed by atoms with Crippen LogP contribution in [0.5, 0.6) is 5.75 Å². The number of halogens is 2. The maximum absolute atomic E-state index is 14.0. The zero-order valence-corrected chi connectivity index (χ0v) is 27.3. The second-order valence-electron chi connectivity index (χ2n) is 10.7. The summed E-state index contributed by atoms with van der Waals surface area (Å²) in [6.07, 6.45) is 1.64. The van der Waals surface area contributed by atoms with Gasteiger partial charge in [-0.3, -0.25) is 13.9 Å². The monoisotopic (exact) mass is 647 g/mol. The van der Waals surface area contributed by atoms with Gasteiger partial charge in [-0.2, -0.15) is 0 Å². The molecule has 0 heterocycles. The van der Waals surface area contributed by atoms with E-state index in [0.29, 0.717) is 40.0 Å². The quantitative estimate of drug-likeness (QED) is 0.220.